The molecule has 3 nitrogen and oxygen atoms in total. The van der Waals surface area contributed by atoms with E-state index in [1.807, 2.05) is 27.7 Å². The van der Waals surface area contributed by atoms with Gasteiger partial charge in [-0.1, -0.05) is 27.7 Å². The van der Waals surface area contributed by atoms with Crippen LogP contribution in [0.1, 0.15) is 34.1 Å². The topological polar surface area (TPSA) is 32.3 Å². The van der Waals surface area contributed by atoms with Crippen LogP contribution >= 0.6 is 0 Å². The maximum Gasteiger partial charge on any atom is 0.471 e. The van der Waals surface area contributed by atoms with Gasteiger partial charge in [-0.2, -0.15) is 13.2 Å². The maximum atomic E-state index is 12.7. The molecule has 19 heavy (non-hydrogen) atoms. The van der Waals surface area contributed by atoms with Crippen LogP contribution in [0.3, 0.4) is 0 Å². The summed E-state index contributed by atoms with van der Waals surface area (Å²) in [6.07, 6.45) is -4.20. The smallest absolute Gasteiger partial charge is 0.329 e. The first kappa shape index (κ1) is 16.3. The second-order valence-electron chi connectivity index (χ2n) is 6.00. The van der Waals surface area contributed by atoms with Gasteiger partial charge in [-0.3, -0.25) is 4.79 Å². The SMILES string of the molecule is CC(C)CC1CNC(C(C)C)CN1C(=O)C(F)(F)F. The van der Waals surface area contributed by atoms with E-state index < -0.39 is 12.1 Å². The maximum absolute atomic E-state index is 12.7. The van der Waals surface area contributed by atoms with E-state index in [4.69, 9.17) is 0 Å². The molecule has 0 bridgehead atoms. The Morgan fingerprint density at radius 2 is 1.89 bits per heavy atom. The molecule has 1 rings (SSSR count). The van der Waals surface area contributed by atoms with E-state index in [2.05, 4.69) is 5.32 Å². The van der Waals surface area contributed by atoms with E-state index >= 15 is 0 Å². The molecule has 0 saturated carbocycles. The molecule has 1 amide bonds. The molecule has 0 radical (unpaired) electrons. The van der Waals surface area contributed by atoms with Gasteiger partial charge >= 0.3 is 12.1 Å². The van der Waals surface area contributed by atoms with Gasteiger partial charge in [0, 0.05) is 25.2 Å². The van der Waals surface area contributed by atoms with Gasteiger partial charge in [0.2, 0.25) is 0 Å². The summed E-state index contributed by atoms with van der Waals surface area (Å²) in [4.78, 5) is 12.6. The zero-order valence-electron chi connectivity index (χ0n) is 11.9. The van der Waals surface area contributed by atoms with Crippen LogP contribution in [0.25, 0.3) is 0 Å². The molecule has 0 spiro atoms. The Bertz CT molecular complexity index is 316. The molecule has 2 atom stereocenters. The lowest BCUT2D eigenvalue weighted by Crippen LogP contribution is -2.62. The zero-order valence-corrected chi connectivity index (χ0v) is 11.9. The Hall–Kier alpha value is -0.780. The summed E-state index contributed by atoms with van der Waals surface area (Å²) in [6, 6.07) is -0.446. The first-order valence-electron chi connectivity index (χ1n) is 6.74. The molecule has 1 aliphatic heterocycles. The second kappa shape index (κ2) is 6.11. The third-order valence-corrected chi connectivity index (χ3v) is 3.50. The van der Waals surface area contributed by atoms with Gasteiger partial charge < -0.3 is 10.2 Å². The van der Waals surface area contributed by atoms with Gasteiger partial charge in [-0.05, 0) is 18.3 Å². The molecule has 1 N–H and O–H groups in total. The van der Waals surface area contributed by atoms with Crippen molar-refractivity contribution < 1.29 is 18.0 Å². The number of nitrogens with zero attached hydrogens (tertiary/aromatic N) is 1. The standard InChI is InChI=1S/C13H23F3N2O/c1-8(2)5-10-6-17-11(9(3)4)7-18(10)12(19)13(14,15)16/h8-11,17H,5-7H2,1-4H3. The highest BCUT2D eigenvalue weighted by atomic mass is 19.4. The molecule has 1 aliphatic rings. The normalized spacial score (nSPS) is 25.2. The van der Waals surface area contributed by atoms with Crippen LogP contribution in [0.2, 0.25) is 0 Å². The van der Waals surface area contributed by atoms with E-state index in [0.29, 0.717) is 13.0 Å². The molecular formula is C13H23F3N2O. The van der Waals surface area contributed by atoms with E-state index in [9.17, 15) is 18.0 Å². The molecule has 112 valence electrons. The Morgan fingerprint density at radius 1 is 1.32 bits per heavy atom. The molecule has 1 heterocycles. The van der Waals surface area contributed by atoms with Gasteiger partial charge in [0.1, 0.15) is 0 Å². The van der Waals surface area contributed by atoms with Crippen LogP contribution in [0.4, 0.5) is 13.2 Å². The highest BCUT2D eigenvalue weighted by Crippen LogP contribution is 2.25. The first-order valence-corrected chi connectivity index (χ1v) is 6.74. The van der Waals surface area contributed by atoms with Gasteiger partial charge in [0.15, 0.2) is 0 Å². The van der Waals surface area contributed by atoms with Gasteiger partial charge in [-0.15, -0.1) is 0 Å². The third-order valence-electron chi connectivity index (χ3n) is 3.50. The van der Waals surface area contributed by atoms with Crippen LogP contribution in [0.15, 0.2) is 0 Å². The molecule has 0 aromatic carbocycles. The predicted molar refractivity (Wildman–Crippen MR) is 67.6 cm³/mol. The lowest BCUT2D eigenvalue weighted by Gasteiger charge is -2.42. The summed E-state index contributed by atoms with van der Waals surface area (Å²) in [7, 11) is 0. The predicted octanol–water partition coefficient (Wildman–Crippen LogP) is 2.42. The van der Waals surface area contributed by atoms with Crippen LogP contribution in [0, 0.1) is 11.8 Å². The van der Waals surface area contributed by atoms with Crippen LogP contribution in [-0.2, 0) is 4.79 Å². The number of amides is 1. The fourth-order valence-electron chi connectivity index (χ4n) is 2.44. The number of carbonyl (C=O) groups excluding carboxylic acids is 1. The number of nitrogens with one attached hydrogen (secondary N) is 1. The number of carbonyl (C=O) groups is 1. The van der Waals surface area contributed by atoms with Crippen molar-refractivity contribution in [3.8, 4) is 0 Å². The van der Waals surface area contributed by atoms with Crippen molar-refractivity contribution in [2.75, 3.05) is 13.1 Å². The van der Waals surface area contributed by atoms with Crippen molar-refractivity contribution in [3.63, 3.8) is 0 Å². The molecule has 1 saturated heterocycles. The molecule has 0 aromatic rings. The molecule has 1 fully saturated rings. The summed E-state index contributed by atoms with van der Waals surface area (Å²) < 4.78 is 38.0. The van der Waals surface area contributed by atoms with Crippen LogP contribution in [-0.4, -0.2) is 42.2 Å². The fraction of sp³-hybridized carbons (Fsp3) is 0.923. The zero-order chi connectivity index (χ0) is 14.8. The van der Waals surface area contributed by atoms with E-state index in [1.54, 1.807) is 0 Å². The largest absolute Gasteiger partial charge is 0.471 e. The summed E-state index contributed by atoms with van der Waals surface area (Å²) in [5.41, 5.74) is 0. The molecule has 0 aromatic heterocycles. The minimum atomic E-state index is -4.78. The summed E-state index contributed by atoms with van der Waals surface area (Å²) in [5.74, 6) is -1.25. The van der Waals surface area contributed by atoms with Crippen molar-refractivity contribution in [2.24, 2.45) is 11.8 Å². The highest BCUT2D eigenvalue weighted by Gasteiger charge is 2.46. The minimum Gasteiger partial charge on any atom is -0.329 e. The molecule has 0 aliphatic carbocycles. The highest BCUT2D eigenvalue weighted by molar-refractivity contribution is 5.82. The summed E-state index contributed by atoms with van der Waals surface area (Å²) >= 11 is 0. The van der Waals surface area contributed by atoms with E-state index in [1.165, 1.54) is 0 Å². The van der Waals surface area contributed by atoms with Crippen LogP contribution < -0.4 is 5.32 Å². The Morgan fingerprint density at radius 3 is 2.32 bits per heavy atom. The Balaban J connectivity index is 2.85. The minimum absolute atomic E-state index is 0.0743. The third kappa shape index (κ3) is 4.37. The number of piperazine rings is 1. The van der Waals surface area contributed by atoms with Gasteiger partial charge in [0.25, 0.3) is 0 Å². The Labute approximate surface area is 112 Å². The molecule has 2 unspecified atom stereocenters. The monoisotopic (exact) mass is 280 g/mol. The van der Waals surface area contributed by atoms with Crippen molar-refractivity contribution in [1.29, 1.82) is 0 Å². The lowest BCUT2D eigenvalue weighted by molar-refractivity contribution is -0.189. The van der Waals surface area contributed by atoms with Crippen molar-refractivity contribution in [1.82, 2.24) is 10.2 Å². The number of alkyl halides is 3. The van der Waals surface area contributed by atoms with Crippen LogP contribution in [0.5, 0.6) is 0 Å². The fourth-order valence-corrected chi connectivity index (χ4v) is 2.44. The van der Waals surface area contributed by atoms with Crippen molar-refractivity contribution in [3.05, 3.63) is 0 Å². The van der Waals surface area contributed by atoms with Gasteiger partial charge in [-0.25, -0.2) is 0 Å². The molecular weight excluding hydrogens is 257 g/mol. The quantitative estimate of drug-likeness (QED) is 0.861. The van der Waals surface area contributed by atoms with Crippen molar-refractivity contribution in [2.45, 2.75) is 52.4 Å². The number of rotatable bonds is 3. The van der Waals surface area contributed by atoms with Gasteiger partial charge in [0.05, 0.1) is 0 Å². The summed E-state index contributed by atoms with van der Waals surface area (Å²) in [6.45, 7) is 8.35. The molecule has 6 heteroatoms. The average Bonchev–Trinajstić information content (AvgIpc) is 2.26. The van der Waals surface area contributed by atoms with E-state index in [-0.39, 0.29) is 30.5 Å². The van der Waals surface area contributed by atoms with Crippen molar-refractivity contribution >= 4 is 5.91 Å². The number of hydrogen-bond acceptors (Lipinski definition) is 2. The number of hydrogen-bond donors (Lipinski definition) is 1. The average molecular weight is 280 g/mol. The Kier molecular flexibility index (Phi) is 5.24. The van der Waals surface area contributed by atoms with E-state index in [0.717, 1.165) is 4.90 Å². The lowest BCUT2D eigenvalue weighted by atomic mass is 9.95. The first-order chi connectivity index (χ1) is 8.62. The second-order valence-corrected chi connectivity index (χ2v) is 6.00. The summed E-state index contributed by atoms with van der Waals surface area (Å²) in [5, 5.41) is 3.25. The number of halogens is 3.